The standard InChI is InChI=1S/C24H23NO2/c26-24-16-13-21(17-19-7-3-1-4-8-19)25(24)18-20-11-14-23(15-12-20)27-22-9-5-2-6-10-22/h1-12,14-15,21H,13,16-18H2. The van der Waals surface area contributed by atoms with E-state index in [4.69, 9.17) is 4.74 Å². The van der Waals surface area contributed by atoms with Gasteiger partial charge in [-0.3, -0.25) is 4.79 Å². The molecule has 0 aliphatic carbocycles. The summed E-state index contributed by atoms with van der Waals surface area (Å²) in [5.74, 6) is 1.88. The van der Waals surface area contributed by atoms with Crippen molar-refractivity contribution < 1.29 is 9.53 Å². The molecular weight excluding hydrogens is 334 g/mol. The molecule has 1 heterocycles. The van der Waals surface area contributed by atoms with E-state index in [9.17, 15) is 4.79 Å². The van der Waals surface area contributed by atoms with Crippen molar-refractivity contribution in [1.82, 2.24) is 4.90 Å². The van der Waals surface area contributed by atoms with Crippen LogP contribution in [-0.4, -0.2) is 16.8 Å². The third kappa shape index (κ3) is 4.37. The summed E-state index contributed by atoms with van der Waals surface area (Å²) in [6, 6.07) is 28.5. The zero-order chi connectivity index (χ0) is 18.5. The average Bonchev–Trinajstić information content (AvgIpc) is 3.04. The minimum Gasteiger partial charge on any atom is -0.457 e. The molecule has 1 aliphatic heterocycles. The van der Waals surface area contributed by atoms with Gasteiger partial charge in [-0.15, -0.1) is 0 Å². The molecule has 136 valence electrons. The van der Waals surface area contributed by atoms with Gasteiger partial charge in [0.2, 0.25) is 5.91 Å². The predicted octanol–water partition coefficient (Wildman–Crippen LogP) is 5.21. The summed E-state index contributed by atoms with van der Waals surface area (Å²) in [6.07, 6.45) is 2.50. The molecule has 1 unspecified atom stereocenters. The number of hydrogen-bond acceptors (Lipinski definition) is 2. The zero-order valence-corrected chi connectivity index (χ0v) is 15.3. The van der Waals surface area contributed by atoms with Gasteiger partial charge in [0, 0.05) is 19.0 Å². The van der Waals surface area contributed by atoms with Gasteiger partial charge < -0.3 is 9.64 Å². The minimum absolute atomic E-state index is 0.251. The van der Waals surface area contributed by atoms with Gasteiger partial charge in [0.25, 0.3) is 0 Å². The largest absolute Gasteiger partial charge is 0.457 e. The highest BCUT2D eigenvalue weighted by molar-refractivity contribution is 5.78. The van der Waals surface area contributed by atoms with Gasteiger partial charge in [-0.2, -0.15) is 0 Å². The topological polar surface area (TPSA) is 29.5 Å². The number of ether oxygens (including phenoxy) is 1. The first-order chi connectivity index (χ1) is 13.3. The van der Waals surface area contributed by atoms with Gasteiger partial charge >= 0.3 is 0 Å². The second-order valence-corrected chi connectivity index (χ2v) is 6.96. The van der Waals surface area contributed by atoms with Crippen molar-refractivity contribution in [2.75, 3.05) is 0 Å². The smallest absolute Gasteiger partial charge is 0.223 e. The van der Waals surface area contributed by atoms with E-state index in [-0.39, 0.29) is 11.9 Å². The van der Waals surface area contributed by atoms with E-state index in [0.29, 0.717) is 13.0 Å². The molecule has 1 saturated heterocycles. The number of benzene rings is 3. The number of nitrogens with zero attached hydrogens (tertiary/aromatic N) is 1. The first-order valence-corrected chi connectivity index (χ1v) is 9.43. The van der Waals surface area contributed by atoms with Crippen molar-refractivity contribution in [1.29, 1.82) is 0 Å². The fourth-order valence-electron chi connectivity index (χ4n) is 3.59. The molecule has 0 spiro atoms. The number of hydrogen-bond donors (Lipinski definition) is 0. The van der Waals surface area contributed by atoms with E-state index in [1.54, 1.807) is 0 Å². The first-order valence-electron chi connectivity index (χ1n) is 9.43. The van der Waals surface area contributed by atoms with Crippen LogP contribution in [-0.2, 0) is 17.8 Å². The Morgan fingerprint density at radius 2 is 1.41 bits per heavy atom. The molecule has 1 aliphatic rings. The molecule has 0 N–H and O–H groups in total. The number of likely N-dealkylation sites (tertiary alicyclic amines) is 1. The summed E-state index contributed by atoms with van der Waals surface area (Å²) < 4.78 is 5.84. The Kier molecular flexibility index (Phi) is 5.20. The monoisotopic (exact) mass is 357 g/mol. The summed E-state index contributed by atoms with van der Waals surface area (Å²) in [5.41, 5.74) is 2.41. The van der Waals surface area contributed by atoms with Crippen LogP contribution in [0.4, 0.5) is 0 Å². The van der Waals surface area contributed by atoms with E-state index < -0.39 is 0 Å². The van der Waals surface area contributed by atoms with E-state index >= 15 is 0 Å². The summed E-state index contributed by atoms with van der Waals surface area (Å²) in [6.45, 7) is 0.655. The third-order valence-corrected chi connectivity index (χ3v) is 5.02. The summed E-state index contributed by atoms with van der Waals surface area (Å²) in [7, 11) is 0. The van der Waals surface area contributed by atoms with Crippen molar-refractivity contribution in [2.24, 2.45) is 0 Å². The molecule has 1 fully saturated rings. The molecule has 0 bridgehead atoms. The van der Waals surface area contributed by atoms with Gasteiger partial charge in [0.1, 0.15) is 11.5 Å². The Labute approximate surface area is 160 Å². The maximum absolute atomic E-state index is 12.4. The molecule has 3 aromatic rings. The SMILES string of the molecule is O=C1CCC(Cc2ccccc2)N1Cc1ccc(Oc2ccccc2)cc1. The predicted molar refractivity (Wildman–Crippen MR) is 107 cm³/mol. The van der Waals surface area contributed by atoms with Crippen molar-refractivity contribution in [2.45, 2.75) is 31.8 Å². The maximum atomic E-state index is 12.4. The van der Waals surface area contributed by atoms with Crippen molar-refractivity contribution >= 4 is 5.91 Å². The number of para-hydroxylation sites is 1. The molecule has 0 aromatic heterocycles. The van der Waals surface area contributed by atoms with Gasteiger partial charge in [-0.05, 0) is 48.2 Å². The van der Waals surface area contributed by atoms with Crippen LogP contribution in [0, 0.1) is 0 Å². The van der Waals surface area contributed by atoms with Gasteiger partial charge in [-0.1, -0.05) is 60.7 Å². The second kappa shape index (κ2) is 8.09. The van der Waals surface area contributed by atoms with Crippen LogP contribution in [0.25, 0.3) is 0 Å². The summed E-state index contributed by atoms with van der Waals surface area (Å²) in [5, 5.41) is 0. The lowest BCUT2D eigenvalue weighted by Gasteiger charge is -2.25. The second-order valence-electron chi connectivity index (χ2n) is 6.96. The zero-order valence-electron chi connectivity index (χ0n) is 15.3. The van der Waals surface area contributed by atoms with Crippen molar-refractivity contribution in [3.63, 3.8) is 0 Å². The van der Waals surface area contributed by atoms with Crippen LogP contribution in [0.5, 0.6) is 11.5 Å². The van der Waals surface area contributed by atoms with Crippen LogP contribution in [0.1, 0.15) is 24.0 Å². The Balaban J connectivity index is 1.41. The highest BCUT2D eigenvalue weighted by Crippen LogP contribution is 2.26. The van der Waals surface area contributed by atoms with Crippen molar-refractivity contribution in [3.8, 4) is 11.5 Å². The van der Waals surface area contributed by atoms with E-state index in [1.165, 1.54) is 5.56 Å². The Morgan fingerprint density at radius 1 is 0.778 bits per heavy atom. The Morgan fingerprint density at radius 3 is 2.11 bits per heavy atom. The van der Waals surface area contributed by atoms with Gasteiger partial charge in [0.05, 0.1) is 0 Å². The van der Waals surface area contributed by atoms with Crippen LogP contribution in [0.2, 0.25) is 0 Å². The molecule has 3 heteroatoms. The molecule has 4 rings (SSSR count). The average molecular weight is 357 g/mol. The van der Waals surface area contributed by atoms with E-state index in [0.717, 1.165) is 29.9 Å². The van der Waals surface area contributed by atoms with Crippen LogP contribution in [0.15, 0.2) is 84.9 Å². The lowest BCUT2D eigenvalue weighted by molar-refractivity contribution is -0.129. The lowest BCUT2D eigenvalue weighted by Crippen LogP contribution is -2.33. The van der Waals surface area contributed by atoms with E-state index in [1.807, 2.05) is 65.6 Å². The Hall–Kier alpha value is -3.07. The van der Waals surface area contributed by atoms with Crippen LogP contribution < -0.4 is 4.74 Å². The quantitative estimate of drug-likeness (QED) is 0.606. The number of carbonyl (C=O) groups is 1. The molecule has 3 aromatic carbocycles. The number of carbonyl (C=O) groups excluding carboxylic acids is 1. The molecule has 0 radical (unpaired) electrons. The van der Waals surface area contributed by atoms with Crippen LogP contribution >= 0.6 is 0 Å². The fourth-order valence-corrected chi connectivity index (χ4v) is 3.59. The molecule has 3 nitrogen and oxygen atoms in total. The van der Waals surface area contributed by atoms with Gasteiger partial charge in [-0.25, -0.2) is 0 Å². The highest BCUT2D eigenvalue weighted by Gasteiger charge is 2.30. The lowest BCUT2D eigenvalue weighted by atomic mass is 10.0. The molecule has 1 amide bonds. The fraction of sp³-hybridized carbons (Fsp3) is 0.208. The first kappa shape index (κ1) is 17.3. The molecular formula is C24H23NO2. The third-order valence-electron chi connectivity index (χ3n) is 5.02. The molecule has 0 saturated carbocycles. The van der Waals surface area contributed by atoms with Crippen molar-refractivity contribution in [3.05, 3.63) is 96.1 Å². The molecule has 1 atom stereocenters. The van der Waals surface area contributed by atoms with Gasteiger partial charge in [0.15, 0.2) is 0 Å². The Bertz CT molecular complexity index is 875. The normalized spacial score (nSPS) is 16.5. The summed E-state index contributed by atoms with van der Waals surface area (Å²) in [4.78, 5) is 14.4. The highest BCUT2D eigenvalue weighted by atomic mass is 16.5. The number of rotatable bonds is 6. The maximum Gasteiger partial charge on any atom is 0.223 e. The van der Waals surface area contributed by atoms with E-state index in [2.05, 4.69) is 24.3 Å². The van der Waals surface area contributed by atoms with Crippen LogP contribution in [0.3, 0.4) is 0 Å². The molecule has 27 heavy (non-hydrogen) atoms. The summed E-state index contributed by atoms with van der Waals surface area (Å²) >= 11 is 0. The minimum atomic E-state index is 0.251. The number of amides is 1.